The van der Waals surface area contributed by atoms with Crippen LogP contribution in [0.3, 0.4) is 0 Å². The van der Waals surface area contributed by atoms with Gasteiger partial charge in [0.25, 0.3) is 0 Å². The summed E-state index contributed by atoms with van der Waals surface area (Å²) in [7, 11) is 1.75. The highest BCUT2D eigenvalue weighted by Gasteiger charge is 2.24. The third kappa shape index (κ3) is 4.65. The Hall–Kier alpha value is -3.13. The average molecular weight is 398 g/mol. The van der Waals surface area contributed by atoms with E-state index in [0.29, 0.717) is 30.4 Å². The zero-order valence-electron chi connectivity index (χ0n) is 16.2. The smallest absolute Gasteiger partial charge is 0.323 e. The number of nitrogens with zero attached hydrogens (tertiary/aromatic N) is 3. The molecule has 4 rings (SSSR count). The number of rotatable bonds is 6. The van der Waals surface area contributed by atoms with Crippen LogP contribution in [0.25, 0.3) is 11.5 Å². The zero-order chi connectivity index (χ0) is 20.2. The van der Waals surface area contributed by atoms with E-state index in [-0.39, 0.29) is 24.5 Å². The molecule has 2 aromatic heterocycles. The minimum absolute atomic E-state index is 0.0143. The van der Waals surface area contributed by atoms with Crippen LogP contribution in [0.5, 0.6) is 0 Å². The molecule has 1 atom stereocenters. The van der Waals surface area contributed by atoms with E-state index in [1.807, 2.05) is 6.07 Å². The number of carbonyl (C=O) groups is 1. The largest absolute Gasteiger partial charge is 0.463 e. The normalized spacial score (nSPS) is 16.1. The van der Waals surface area contributed by atoms with Crippen molar-refractivity contribution in [3.8, 4) is 11.5 Å². The van der Waals surface area contributed by atoms with Crippen LogP contribution in [-0.2, 0) is 18.3 Å². The van der Waals surface area contributed by atoms with Crippen molar-refractivity contribution in [2.24, 2.45) is 7.05 Å². The predicted octanol–water partition coefficient (Wildman–Crippen LogP) is 4.03. The molecule has 1 N–H and O–H groups in total. The van der Waals surface area contributed by atoms with Gasteiger partial charge in [-0.1, -0.05) is 12.1 Å². The van der Waals surface area contributed by atoms with Crippen molar-refractivity contribution < 1.29 is 18.3 Å². The molecule has 152 valence electrons. The van der Waals surface area contributed by atoms with Gasteiger partial charge < -0.3 is 14.1 Å². The summed E-state index contributed by atoms with van der Waals surface area (Å²) in [6, 6.07) is 11.3. The van der Waals surface area contributed by atoms with Crippen molar-refractivity contribution in [1.29, 1.82) is 0 Å². The second-order valence-electron chi connectivity index (χ2n) is 7.09. The summed E-state index contributed by atoms with van der Waals surface area (Å²) < 4.78 is 26.2. The number of anilines is 1. The van der Waals surface area contributed by atoms with Crippen LogP contribution in [0, 0.1) is 5.82 Å². The Labute approximate surface area is 168 Å². The number of halogens is 1. The molecule has 3 heterocycles. The lowest BCUT2D eigenvalue weighted by molar-refractivity contribution is 0.0819. The van der Waals surface area contributed by atoms with Crippen LogP contribution >= 0.6 is 0 Å². The Morgan fingerprint density at radius 2 is 2.24 bits per heavy atom. The third-order valence-corrected chi connectivity index (χ3v) is 4.89. The average Bonchev–Trinajstić information content (AvgIpc) is 3.44. The molecule has 3 aromatic rings. The molecule has 0 radical (unpaired) electrons. The van der Waals surface area contributed by atoms with Gasteiger partial charge in [0.05, 0.1) is 12.4 Å². The van der Waals surface area contributed by atoms with Gasteiger partial charge in [-0.3, -0.25) is 10.00 Å². The highest BCUT2D eigenvalue weighted by atomic mass is 19.1. The van der Waals surface area contributed by atoms with Crippen LogP contribution in [0.1, 0.15) is 18.4 Å². The van der Waals surface area contributed by atoms with Crippen LogP contribution in [0.2, 0.25) is 0 Å². The van der Waals surface area contributed by atoms with Gasteiger partial charge in [0.2, 0.25) is 0 Å². The lowest BCUT2D eigenvalue weighted by Gasteiger charge is -2.26. The molecule has 8 heteroatoms. The van der Waals surface area contributed by atoms with Gasteiger partial charge in [-0.05, 0) is 42.7 Å². The molecule has 29 heavy (non-hydrogen) atoms. The van der Waals surface area contributed by atoms with Gasteiger partial charge in [-0.2, -0.15) is 5.10 Å². The zero-order valence-corrected chi connectivity index (χ0v) is 16.2. The lowest BCUT2D eigenvalue weighted by Crippen LogP contribution is -2.40. The number of nitrogens with one attached hydrogen (secondary N) is 1. The summed E-state index contributed by atoms with van der Waals surface area (Å²) in [5.74, 6) is 0.838. The van der Waals surface area contributed by atoms with Gasteiger partial charge in [0.15, 0.2) is 5.76 Å². The molecular formula is C21H23FN4O3. The Kier molecular flexibility index (Phi) is 5.62. The van der Waals surface area contributed by atoms with E-state index < -0.39 is 0 Å². The van der Waals surface area contributed by atoms with Gasteiger partial charge >= 0.3 is 6.03 Å². The topological polar surface area (TPSA) is 72.5 Å². The first-order valence-electron chi connectivity index (χ1n) is 9.58. The fourth-order valence-corrected chi connectivity index (χ4v) is 3.43. The molecule has 7 nitrogen and oxygen atoms in total. The SMILES string of the molecule is Cn1nc(-c2ccco2)cc1NC(=O)N(Cc1cccc(F)c1)C[C@@H]1CCCO1. The van der Waals surface area contributed by atoms with Crippen molar-refractivity contribution >= 4 is 11.8 Å². The standard InChI is InChI=1S/C21H23FN4O3/c1-25-20(12-18(24-25)19-8-4-10-29-19)23-21(27)26(14-17-7-3-9-28-17)13-15-5-2-6-16(22)11-15/h2,4-6,8,10-12,17H,3,7,9,13-14H2,1H3,(H,23,27)/t17-/m0/s1. The Balaban J connectivity index is 1.51. The summed E-state index contributed by atoms with van der Waals surface area (Å²) in [6.45, 7) is 1.42. The van der Waals surface area contributed by atoms with Crippen LogP contribution in [0.4, 0.5) is 15.0 Å². The number of amides is 2. The fraction of sp³-hybridized carbons (Fsp3) is 0.333. The third-order valence-electron chi connectivity index (χ3n) is 4.89. The molecule has 1 aliphatic rings. The maximum Gasteiger partial charge on any atom is 0.323 e. The second kappa shape index (κ2) is 8.48. The van der Waals surface area contributed by atoms with Crippen molar-refractivity contribution in [2.45, 2.75) is 25.5 Å². The van der Waals surface area contributed by atoms with Crippen molar-refractivity contribution in [3.63, 3.8) is 0 Å². The van der Waals surface area contributed by atoms with Crippen molar-refractivity contribution in [1.82, 2.24) is 14.7 Å². The molecule has 1 saturated heterocycles. The van der Waals surface area contributed by atoms with Gasteiger partial charge in [-0.25, -0.2) is 9.18 Å². The maximum absolute atomic E-state index is 13.6. The maximum atomic E-state index is 13.6. The van der Waals surface area contributed by atoms with Gasteiger partial charge in [-0.15, -0.1) is 0 Å². The molecular weight excluding hydrogens is 375 g/mol. The summed E-state index contributed by atoms with van der Waals surface area (Å²) >= 11 is 0. The van der Waals surface area contributed by atoms with E-state index in [1.165, 1.54) is 12.1 Å². The monoisotopic (exact) mass is 398 g/mol. The summed E-state index contributed by atoms with van der Waals surface area (Å²) in [6.07, 6.45) is 3.44. The molecule has 1 aliphatic heterocycles. The molecule has 1 fully saturated rings. The number of hydrogen-bond donors (Lipinski definition) is 1. The van der Waals surface area contributed by atoms with Gasteiger partial charge in [0, 0.05) is 32.8 Å². The van der Waals surface area contributed by atoms with Crippen molar-refractivity contribution in [2.75, 3.05) is 18.5 Å². The number of ether oxygens (including phenoxy) is 1. The summed E-state index contributed by atoms with van der Waals surface area (Å²) in [5.41, 5.74) is 1.35. The Morgan fingerprint density at radius 1 is 1.34 bits per heavy atom. The molecule has 1 aromatic carbocycles. The van der Waals surface area contributed by atoms with Crippen LogP contribution in [-0.4, -0.2) is 40.0 Å². The Bertz CT molecular complexity index is 964. The summed E-state index contributed by atoms with van der Waals surface area (Å²) in [4.78, 5) is 14.7. The first kappa shape index (κ1) is 19.2. The predicted molar refractivity (Wildman–Crippen MR) is 106 cm³/mol. The Morgan fingerprint density at radius 3 is 2.97 bits per heavy atom. The van der Waals surface area contributed by atoms with E-state index in [1.54, 1.807) is 47.2 Å². The second-order valence-corrected chi connectivity index (χ2v) is 7.09. The number of furan rings is 1. The molecule has 0 unspecified atom stereocenters. The lowest BCUT2D eigenvalue weighted by atomic mass is 10.2. The minimum Gasteiger partial charge on any atom is -0.463 e. The van der Waals surface area contributed by atoms with Crippen molar-refractivity contribution in [3.05, 3.63) is 60.1 Å². The highest BCUT2D eigenvalue weighted by molar-refractivity contribution is 5.89. The first-order valence-corrected chi connectivity index (χ1v) is 9.58. The van der Waals surface area contributed by atoms with Gasteiger partial charge in [0.1, 0.15) is 17.3 Å². The molecule has 0 bridgehead atoms. The van der Waals surface area contributed by atoms with E-state index in [2.05, 4.69) is 10.4 Å². The number of urea groups is 1. The number of aromatic nitrogens is 2. The van der Waals surface area contributed by atoms with Crippen LogP contribution < -0.4 is 5.32 Å². The van der Waals surface area contributed by atoms with E-state index >= 15 is 0 Å². The van der Waals surface area contributed by atoms with Crippen LogP contribution in [0.15, 0.2) is 53.1 Å². The van der Waals surface area contributed by atoms with E-state index in [0.717, 1.165) is 18.4 Å². The number of benzene rings is 1. The fourth-order valence-electron chi connectivity index (χ4n) is 3.43. The number of hydrogen-bond acceptors (Lipinski definition) is 4. The number of aryl methyl sites for hydroxylation is 1. The minimum atomic E-state index is -0.324. The number of carbonyl (C=O) groups excluding carboxylic acids is 1. The summed E-state index contributed by atoms with van der Waals surface area (Å²) in [5, 5.41) is 7.28. The molecule has 0 saturated carbocycles. The quantitative estimate of drug-likeness (QED) is 0.680. The molecule has 2 amide bonds. The van der Waals surface area contributed by atoms with E-state index in [9.17, 15) is 9.18 Å². The van der Waals surface area contributed by atoms with E-state index in [4.69, 9.17) is 9.15 Å². The first-order chi connectivity index (χ1) is 14.1. The molecule has 0 spiro atoms. The molecule has 0 aliphatic carbocycles. The highest BCUT2D eigenvalue weighted by Crippen LogP contribution is 2.22.